The quantitative estimate of drug-likeness (QED) is 0.424. The van der Waals surface area contributed by atoms with Crippen molar-refractivity contribution in [1.29, 1.82) is 0 Å². The van der Waals surface area contributed by atoms with Gasteiger partial charge < -0.3 is 16.2 Å². The van der Waals surface area contributed by atoms with Crippen LogP contribution in [0.5, 0.6) is 0 Å². The lowest BCUT2D eigenvalue weighted by molar-refractivity contribution is -0.139. The molecule has 1 amide bonds. The van der Waals surface area contributed by atoms with Gasteiger partial charge in [-0.1, -0.05) is 0 Å². The molecule has 1 aliphatic rings. The summed E-state index contributed by atoms with van der Waals surface area (Å²) in [6.45, 7) is 0.532. The Morgan fingerprint density at radius 1 is 1.62 bits per heavy atom. The third-order valence-corrected chi connectivity index (χ3v) is 1.21. The van der Waals surface area contributed by atoms with Gasteiger partial charge in [-0.15, -0.1) is 0 Å². The molecule has 0 spiro atoms. The molecule has 1 aliphatic heterocycles. The normalized spacial score (nSPS) is 24.1. The molecule has 0 bridgehead atoms. The minimum absolute atomic E-state index is 0.266. The van der Waals surface area contributed by atoms with E-state index in [9.17, 15) is 4.79 Å². The van der Waals surface area contributed by atoms with Crippen LogP contribution in [0.3, 0.4) is 0 Å². The van der Waals surface area contributed by atoms with Crippen molar-refractivity contribution >= 4 is 5.91 Å². The zero-order valence-corrected chi connectivity index (χ0v) is 4.39. The summed E-state index contributed by atoms with van der Waals surface area (Å²) >= 11 is 0. The van der Waals surface area contributed by atoms with Crippen molar-refractivity contribution in [2.45, 2.75) is 5.54 Å². The second-order valence-corrected chi connectivity index (χ2v) is 2.01. The lowest BCUT2D eigenvalue weighted by atomic mass is 9.99. The molecule has 4 nitrogen and oxygen atoms in total. The van der Waals surface area contributed by atoms with Crippen LogP contribution in [0.25, 0.3) is 0 Å². The van der Waals surface area contributed by atoms with Gasteiger partial charge in [0.05, 0.1) is 13.2 Å². The van der Waals surface area contributed by atoms with E-state index < -0.39 is 11.4 Å². The van der Waals surface area contributed by atoms with Gasteiger partial charge in [0, 0.05) is 0 Å². The number of hydrogen-bond acceptors (Lipinski definition) is 3. The standard InChI is InChI=1S/C4H8N2O2/c5-3(7)4(6)1-8-2-4/h1-2,6H2,(H2,5,7). The molecule has 0 unspecified atom stereocenters. The molecule has 1 heterocycles. The highest BCUT2D eigenvalue weighted by Crippen LogP contribution is 2.11. The Kier molecular flexibility index (Phi) is 0.988. The molecule has 0 aromatic heterocycles. The summed E-state index contributed by atoms with van der Waals surface area (Å²) in [6.07, 6.45) is 0. The first kappa shape index (κ1) is 5.53. The van der Waals surface area contributed by atoms with Crippen molar-refractivity contribution in [3.8, 4) is 0 Å². The fraction of sp³-hybridized carbons (Fsp3) is 0.750. The molecule has 46 valence electrons. The van der Waals surface area contributed by atoms with Crippen molar-refractivity contribution in [3.05, 3.63) is 0 Å². The second-order valence-electron chi connectivity index (χ2n) is 2.01. The van der Waals surface area contributed by atoms with E-state index in [0.29, 0.717) is 0 Å². The predicted octanol–water partition coefficient (Wildman–Crippen LogP) is -1.80. The van der Waals surface area contributed by atoms with Gasteiger partial charge in [0.2, 0.25) is 5.91 Å². The van der Waals surface area contributed by atoms with E-state index in [1.165, 1.54) is 0 Å². The van der Waals surface area contributed by atoms with Crippen molar-refractivity contribution < 1.29 is 9.53 Å². The summed E-state index contributed by atoms with van der Waals surface area (Å²) in [5, 5.41) is 0. The number of hydrogen-bond donors (Lipinski definition) is 2. The Morgan fingerprint density at radius 3 is 2.12 bits per heavy atom. The maximum absolute atomic E-state index is 10.3. The van der Waals surface area contributed by atoms with Crippen LogP contribution < -0.4 is 11.5 Å². The molecule has 0 aromatic carbocycles. The largest absolute Gasteiger partial charge is 0.376 e. The zero-order valence-electron chi connectivity index (χ0n) is 4.39. The van der Waals surface area contributed by atoms with E-state index in [1.54, 1.807) is 0 Å². The number of primary amides is 1. The molecular formula is C4H8N2O2. The first-order chi connectivity index (χ1) is 3.65. The first-order valence-electron chi connectivity index (χ1n) is 2.32. The summed E-state index contributed by atoms with van der Waals surface area (Å²) in [5.41, 5.74) is 9.37. The van der Waals surface area contributed by atoms with E-state index in [-0.39, 0.29) is 13.2 Å². The Labute approximate surface area is 46.8 Å². The van der Waals surface area contributed by atoms with Crippen molar-refractivity contribution in [3.63, 3.8) is 0 Å². The van der Waals surface area contributed by atoms with E-state index in [1.807, 2.05) is 0 Å². The van der Waals surface area contributed by atoms with Crippen molar-refractivity contribution in [2.24, 2.45) is 11.5 Å². The topological polar surface area (TPSA) is 78.3 Å². The Bertz CT molecular complexity index is 119. The zero-order chi connectivity index (χ0) is 6.20. The highest BCUT2D eigenvalue weighted by molar-refractivity contribution is 5.85. The van der Waals surface area contributed by atoms with Gasteiger partial charge in [-0.3, -0.25) is 4.79 Å². The van der Waals surface area contributed by atoms with Crippen LogP contribution in [0, 0.1) is 0 Å². The molecule has 0 saturated carbocycles. The maximum Gasteiger partial charge on any atom is 0.242 e. The van der Waals surface area contributed by atoms with Crippen molar-refractivity contribution in [2.75, 3.05) is 13.2 Å². The minimum Gasteiger partial charge on any atom is -0.376 e. The monoisotopic (exact) mass is 116 g/mol. The average Bonchev–Trinajstić information content (AvgIpc) is 1.60. The average molecular weight is 116 g/mol. The van der Waals surface area contributed by atoms with Gasteiger partial charge in [-0.05, 0) is 0 Å². The minimum atomic E-state index is -0.861. The fourth-order valence-electron chi connectivity index (χ4n) is 0.464. The van der Waals surface area contributed by atoms with Gasteiger partial charge in [0.25, 0.3) is 0 Å². The van der Waals surface area contributed by atoms with Crippen LogP contribution in [0.15, 0.2) is 0 Å². The number of carbonyl (C=O) groups excluding carboxylic acids is 1. The lowest BCUT2D eigenvalue weighted by Crippen LogP contribution is -2.65. The predicted molar refractivity (Wildman–Crippen MR) is 26.9 cm³/mol. The molecule has 8 heavy (non-hydrogen) atoms. The molecule has 1 saturated heterocycles. The van der Waals surface area contributed by atoms with Gasteiger partial charge in [0.15, 0.2) is 0 Å². The Balaban J connectivity index is 2.53. The number of carbonyl (C=O) groups is 1. The lowest BCUT2D eigenvalue weighted by Gasteiger charge is -2.33. The Hall–Kier alpha value is -0.610. The molecule has 0 radical (unpaired) electrons. The number of ether oxygens (including phenoxy) is 1. The second kappa shape index (κ2) is 1.43. The number of rotatable bonds is 1. The smallest absolute Gasteiger partial charge is 0.242 e. The van der Waals surface area contributed by atoms with Gasteiger partial charge in [0.1, 0.15) is 5.54 Å². The Morgan fingerprint density at radius 2 is 2.12 bits per heavy atom. The van der Waals surface area contributed by atoms with Crippen LogP contribution >= 0.6 is 0 Å². The molecule has 1 fully saturated rings. The van der Waals surface area contributed by atoms with Gasteiger partial charge in [-0.25, -0.2) is 0 Å². The molecule has 4 N–H and O–H groups in total. The summed E-state index contributed by atoms with van der Waals surface area (Å²) in [5.74, 6) is -0.483. The molecule has 4 heteroatoms. The molecule has 0 atom stereocenters. The molecular weight excluding hydrogens is 108 g/mol. The van der Waals surface area contributed by atoms with Gasteiger partial charge >= 0.3 is 0 Å². The third kappa shape index (κ3) is 0.579. The third-order valence-electron chi connectivity index (χ3n) is 1.21. The van der Waals surface area contributed by atoms with E-state index in [2.05, 4.69) is 4.74 Å². The molecule has 0 aromatic rings. The number of nitrogens with two attached hydrogens (primary N) is 2. The van der Waals surface area contributed by atoms with Gasteiger partial charge in [-0.2, -0.15) is 0 Å². The van der Waals surface area contributed by atoms with Crippen LogP contribution in [0.2, 0.25) is 0 Å². The van der Waals surface area contributed by atoms with Crippen molar-refractivity contribution in [1.82, 2.24) is 0 Å². The van der Waals surface area contributed by atoms with Crippen LogP contribution in [0.4, 0.5) is 0 Å². The maximum atomic E-state index is 10.3. The van der Waals surface area contributed by atoms with Crippen LogP contribution in [-0.4, -0.2) is 24.7 Å². The first-order valence-corrected chi connectivity index (χ1v) is 2.32. The molecule has 1 rings (SSSR count). The highest BCUT2D eigenvalue weighted by Gasteiger charge is 2.40. The highest BCUT2D eigenvalue weighted by atomic mass is 16.5. The number of amides is 1. The van der Waals surface area contributed by atoms with E-state index >= 15 is 0 Å². The van der Waals surface area contributed by atoms with E-state index in [4.69, 9.17) is 11.5 Å². The van der Waals surface area contributed by atoms with Crippen LogP contribution in [-0.2, 0) is 9.53 Å². The summed E-state index contributed by atoms with van der Waals surface area (Å²) < 4.78 is 4.67. The van der Waals surface area contributed by atoms with E-state index in [0.717, 1.165) is 0 Å². The summed E-state index contributed by atoms with van der Waals surface area (Å²) in [4.78, 5) is 10.3. The van der Waals surface area contributed by atoms with Crippen LogP contribution in [0.1, 0.15) is 0 Å². The molecule has 0 aliphatic carbocycles. The fourth-order valence-corrected chi connectivity index (χ4v) is 0.464. The summed E-state index contributed by atoms with van der Waals surface area (Å²) in [7, 11) is 0. The SMILES string of the molecule is NC(=O)C1(N)COC1. The summed E-state index contributed by atoms with van der Waals surface area (Å²) in [6, 6.07) is 0.